The Morgan fingerprint density at radius 3 is 3.06 bits per heavy atom. The molecule has 16 heavy (non-hydrogen) atoms. The minimum atomic E-state index is 0.622. The normalized spacial score (nSPS) is 20.8. The van der Waals surface area contributed by atoms with Gasteiger partial charge in [-0.2, -0.15) is 0 Å². The van der Waals surface area contributed by atoms with Crippen molar-refractivity contribution >= 4 is 27.5 Å². The van der Waals surface area contributed by atoms with Gasteiger partial charge >= 0.3 is 0 Å². The maximum Gasteiger partial charge on any atom is 0.133 e. The molecule has 0 aromatic heterocycles. The van der Waals surface area contributed by atoms with Crippen molar-refractivity contribution in [1.29, 1.82) is 0 Å². The van der Waals surface area contributed by atoms with E-state index in [1.54, 1.807) is 0 Å². The summed E-state index contributed by atoms with van der Waals surface area (Å²) >= 11 is 9.32. The van der Waals surface area contributed by atoms with Crippen LogP contribution in [0.1, 0.15) is 12.8 Å². The number of piperidine rings is 1. The third kappa shape index (κ3) is 3.37. The van der Waals surface area contributed by atoms with Crippen LogP contribution in [0.4, 0.5) is 0 Å². The molecule has 1 aliphatic rings. The molecular formula is C12H15BrClNO. The minimum absolute atomic E-state index is 0.622. The smallest absolute Gasteiger partial charge is 0.133 e. The Balaban J connectivity index is 1.88. The van der Waals surface area contributed by atoms with Crippen LogP contribution in [0.15, 0.2) is 22.7 Å². The van der Waals surface area contributed by atoms with Gasteiger partial charge in [-0.25, -0.2) is 0 Å². The van der Waals surface area contributed by atoms with Crippen molar-refractivity contribution in [3.63, 3.8) is 0 Å². The molecule has 1 unspecified atom stereocenters. The van der Waals surface area contributed by atoms with Gasteiger partial charge in [0.2, 0.25) is 0 Å². The zero-order valence-electron chi connectivity index (χ0n) is 9.01. The average molecular weight is 305 g/mol. The summed E-state index contributed by atoms with van der Waals surface area (Å²) in [4.78, 5) is 0. The summed E-state index contributed by atoms with van der Waals surface area (Å²) < 4.78 is 6.71. The topological polar surface area (TPSA) is 21.3 Å². The van der Waals surface area contributed by atoms with Gasteiger partial charge < -0.3 is 10.1 Å². The second-order valence-electron chi connectivity index (χ2n) is 4.10. The SMILES string of the molecule is Clc1ccc(OCC2CCCNC2)c(Br)c1. The molecule has 2 nitrogen and oxygen atoms in total. The highest BCUT2D eigenvalue weighted by atomic mass is 79.9. The Bertz CT molecular complexity index is 353. The van der Waals surface area contributed by atoms with Gasteiger partial charge in [0, 0.05) is 17.5 Å². The molecule has 0 bridgehead atoms. The van der Waals surface area contributed by atoms with Gasteiger partial charge in [0.1, 0.15) is 5.75 Å². The van der Waals surface area contributed by atoms with E-state index in [2.05, 4.69) is 21.2 Å². The third-order valence-electron chi connectivity index (χ3n) is 2.77. The van der Waals surface area contributed by atoms with Crippen LogP contribution in [0.25, 0.3) is 0 Å². The predicted molar refractivity (Wildman–Crippen MR) is 70.2 cm³/mol. The maximum atomic E-state index is 5.87. The Hall–Kier alpha value is -0.250. The molecule has 0 aliphatic carbocycles. The molecule has 0 spiro atoms. The van der Waals surface area contributed by atoms with E-state index in [1.807, 2.05) is 18.2 Å². The van der Waals surface area contributed by atoms with Gasteiger partial charge in [0.25, 0.3) is 0 Å². The highest BCUT2D eigenvalue weighted by Crippen LogP contribution is 2.28. The van der Waals surface area contributed by atoms with Crippen molar-refractivity contribution in [2.45, 2.75) is 12.8 Å². The quantitative estimate of drug-likeness (QED) is 0.923. The lowest BCUT2D eigenvalue weighted by Crippen LogP contribution is -2.33. The number of halogens is 2. The van der Waals surface area contributed by atoms with Crippen molar-refractivity contribution in [3.05, 3.63) is 27.7 Å². The van der Waals surface area contributed by atoms with Gasteiger partial charge in [0.15, 0.2) is 0 Å². The first kappa shape index (κ1) is 12.2. The molecule has 0 amide bonds. The summed E-state index contributed by atoms with van der Waals surface area (Å²) in [6, 6.07) is 5.61. The largest absolute Gasteiger partial charge is 0.492 e. The number of ether oxygens (including phenoxy) is 1. The van der Waals surface area contributed by atoms with E-state index in [9.17, 15) is 0 Å². The molecule has 1 aromatic rings. The number of nitrogens with one attached hydrogen (secondary N) is 1. The van der Waals surface area contributed by atoms with Crippen LogP contribution >= 0.6 is 27.5 Å². The number of benzene rings is 1. The molecule has 1 atom stereocenters. The average Bonchev–Trinajstić information content (AvgIpc) is 2.29. The van der Waals surface area contributed by atoms with Gasteiger partial charge in [-0.3, -0.25) is 0 Å². The van der Waals surface area contributed by atoms with Crippen LogP contribution < -0.4 is 10.1 Å². The molecule has 1 fully saturated rings. The first-order valence-corrected chi connectivity index (χ1v) is 6.71. The van der Waals surface area contributed by atoms with Crippen molar-refractivity contribution in [2.24, 2.45) is 5.92 Å². The summed E-state index contributed by atoms with van der Waals surface area (Å²) in [6.45, 7) is 2.97. The Labute approximate surface area is 109 Å². The van der Waals surface area contributed by atoms with E-state index < -0.39 is 0 Å². The van der Waals surface area contributed by atoms with Crippen molar-refractivity contribution in [2.75, 3.05) is 19.7 Å². The summed E-state index contributed by atoms with van der Waals surface area (Å²) in [5.41, 5.74) is 0. The van der Waals surface area contributed by atoms with E-state index in [4.69, 9.17) is 16.3 Å². The van der Waals surface area contributed by atoms with Crippen LogP contribution in [0.2, 0.25) is 5.02 Å². The third-order valence-corrected chi connectivity index (χ3v) is 3.62. The second-order valence-corrected chi connectivity index (χ2v) is 5.39. The molecule has 0 radical (unpaired) electrons. The Kier molecular flexibility index (Phi) is 4.50. The van der Waals surface area contributed by atoms with E-state index in [-0.39, 0.29) is 0 Å². The molecule has 88 valence electrons. The fraction of sp³-hybridized carbons (Fsp3) is 0.500. The minimum Gasteiger partial charge on any atom is -0.492 e. The van der Waals surface area contributed by atoms with Crippen molar-refractivity contribution < 1.29 is 4.74 Å². The van der Waals surface area contributed by atoms with Gasteiger partial charge in [0.05, 0.1) is 11.1 Å². The van der Waals surface area contributed by atoms with E-state index in [1.165, 1.54) is 12.8 Å². The number of hydrogen-bond acceptors (Lipinski definition) is 2. The molecule has 0 saturated carbocycles. The molecule has 2 rings (SSSR count). The lowest BCUT2D eigenvalue weighted by molar-refractivity contribution is 0.217. The van der Waals surface area contributed by atoms with Crippen LogP contribution in [-0.2, 0) is 0 Å². The summed E-state index contributed by atoms with van der Waals surface area (Å²) in [5.74, 6) is 1.49. The lowest BCUT2D eigenvalue weighted by Gasteiger charge is -2.23. The first-order valence-electron chi connectivity index (χ1n) is 5.54. The van der Waals surface area contributed by atoms with Gasteiger partial charge in [-0.05, 0) is 53.5 Å². The molecule has 1 aliphatic heterocycles. The predicted octanol–water partition coefficient (Wildman–Crippen LogP) is 3.48. The standard InChI is InChI=1S/C12H15BrClNO/c13-11-6-10(14)3-4-12(11)16-8-9-2-1-5-15-7-9/h3-4,6,9,15H,1-2,5,7-8H2. The second kappa shape index (κ2) is 5.89. The number of rotatable bonds is 3. The fourth-order valence-electron chi connectivity index (χ4n) is 1.87. The monoisotopic (exact) mass is 303 g/mol. The van der Waals surface area contributed by atoms with E-state index in [0.29, 0.717) is 5.92 Å². The number of hydrogen-bond donors (Lipinski definition) is 1. The highest BCUT2D eigenvalue weighted by Gasteiger charge is 2.14. The molecule has 1 saturated heterocycles. The van der Waals surface area contributed by atoms with Crippen LogP contribution in [0, 0.1) is 5.92 Å². The van der Waals surface area contributed by atoms with Crippen molar-refractivity contribution in [3.8, 4) is 5.75 Å². The van der Waals surface area contributed by atoms with Crippen LogP contribution in [0.5, 0.6) is 5.75 Å². The fourth-order valence-corrected chi connectivity index (χ4v) is 2.66. The van der Waals surface area contributed by atoms with Crippen LogP contribution in [-0.4, -0.2) is 19.7 Å². The van der Waals surface area contributed by atoms with Gasteiger partial charge in [-0.15, -0.1) is 0 Å². The Morgan fingerprint density at radius 2 is 2.38 bits per heavy atom. The summed E-state index contributed by atoms with van der Waals surface area (Å²) in [5, 5.41) is 4.10. The maximum absolute atomic E-state index is 5.87. The lowest BCUT2D eigenvalue weighted by atomic mass is 10.0. The van der Waals surface area contributed by atoms with Crippen molar-refractivity contribution in [1.82, 2.24) is 5.32 Å². The molecule has 1 N–H and O–H groups in total. The zero-order chi connectivity index (χ0) is 11.4. The molecule has 1 aromatic carbocycles. The van der Waals surface area contributed by atoms with E-state index >= 15 is 0 Å². The molecular weight excluding hydrogens is 289 g/mol. The first-order chi connectivity index (χ1) is 7.75. The van der Waals surface area contributed by atoms with Gasteiger partial charge in [-0.1, -0.05) is 11.6 Å². The van der Waals surface area contributed by atoms with Crippen LogP contribution in [0.3, 0.4) is 0 Å². The highest BCUT2D eigenvalue weighted by molar-refractivity contribution is 9.10. The summed E-state index contributed by atoms with van der Waals surface area (Å²) in [7, 11) is 0. The Morgan fingerprint density at radius 1 is 1.50 bits per heavy atom. The molecule has 1 heterocycles. The zero-order valence-corrected chi connectivity index (χ0v) is 11.4. The molecule has 4 heteroatoms. The summed E-state index contributed by atoms with van der Waals surface area (Å²) in [6.07, 6.45) is 2.49. The van der Waals surface area contributed by atoms with E-state index in [0.717, 1.165) is 34.9 Å².